The molecule has 1 aliphatic rings. The zero-order chi connectivity index (χ0) is 19.5. The molecule has 1 saturated heterocycles. The minimum Gasteiger partial charge on any atom is -0.403 e. The third kappa shape index (κ3) is 3.87. The van der Waals surface area contributed by atoms with E-state index in [2.05, 4.69) is 81.4 Å². The fraction of sp³-hybridized carbons (Fsp3) is 0.435. The number of likely N-dealkylation sites (N-methyl/N-ethyl adjacent to an activating group) is 1. The van der Waals surface area contributed by atoms with Crippen LogP contribution in [0.4, 0.5) is 0 Å². The summed E-state index contributed by atoms with van der Waals surface area (Å²) in [5.41, 5.74) is 0. The molecule has 0 radical (unpaired) electrons. The fourth-order valence-corrected chi connectivity index (χ4v) is 8.93. The Morgan fingerprint density at radius 2 is 1.52 bits per heavy atom. The lowest BCUT2D eigenvalue weighted by atomic mass is 10.1. The zero-order valence-corrected chi connectivity index (χ0v) is 17.9. The van der Waals surface area contributed by atoms with Gasteiger partial charge in [0.15, 0.2) is 0 Å². The standard InChI is InChI=1S/C23H31NO2Si/c1-5-24-18-19(16-17-22(24)25)26-27(23(2,3)4,20-12-8-6-9-13-20)21-14-10-7-11-15-21/h6-15,19H,5,16-18H2,1-4H3. The smallest absolute Gasteiger partial charge is 0.261 e. The van der Waals surface area contributed by atoms with E-state index in [4.69, 9.17) is 4.43 Å². The highest BCUT2D eigenvalue weighted by Crippen LogP contribution is 2.38. The average molecular weight is 382 g/mol. The lowest BCUT2D eigenvalue weighted by Crippen LogP contribution is -2.68. The van der Waals surface area contributed by atoms with E-state index in [1.807, 2.05) is 11.8 Å². The van der Waals surface area contributed by atoms with Crippen LogP contribution in [-0.4, -0.2) is 38.3 Å². The molecule has 1 amide bonds. The molecule has 144 valence electrons. The van der Waals surface area contributed by atoms with E-state index in [0.29, 0.717) is 13.0 Å². The summed E-state index contributed by atoms with van der Waals surface area (Å²) in [4.78, 5) is 14.1. The van der Waals surface area contributed by atoms with Gasteiger partial charge in [0.1, 0.15) is 0 Å². The largest absolute Gasteiger partial charge is 0.403 e. The highest BCUT2D eigenvalue weighted by Gasteiger charge is 2.51. The first-order chi connectivity index (χ1) is 12.9. The minimum absolute atomic E-state index is 0.0335. The molecule has 3 nitrogen and oxygen atoms in total. The van der Waals surface area contributed by atoms with Crippen LogP contribution in [-0.2, 0) is 9.22 Å². The summed E-state index contributed by atoms with van der Waals surface area (Å²) < 4.78 is 7.14. The molecule has 1 fully saturated rings. The predicted octanol–water partition coefficient (Wildman–Crippen LogP) is 3.57. The van der Waals surface area contributed by atoms with E-state index in [-0.39, 0.29) is 17.0 Å². The van der Waals surface area contributed by atoms with Crippen molar-refractivity contribution in [2.75, 3.05) is 13.1 Å². The van der Waals surface area contributed by atoms with Gasteiger partial charge < -0.3 is 9.33 Å². The van der Waals surface area contributed by atoms with Crippen LogP contribution >= 0.6 is 0 Å². The Morgan fingerprint density at radius 3 is 1.96 bits per heavy atom. The molecule has 0 aliphatic carbocycles. The van der Waals surface area contributed by atoms with E-state index in [0.717, 1.165) is 13.0 Å². The van der Waals surface area contributed by atoms with Crippen LogP contribution in [0.15, 0.2) is 60.7 Å². The van der Waals surface area contributed by atoms with Gasteiger partial charge in [0, 0.05) is 19.5 Å². The minimum atomic E-state index is -2.54. The van der Waals surface area contributed by atoms with Crippen molar-refractivity contribution in [3.05, 3.63) is 60.7 Å². The number of hydrogen-bond acceptors (Lipinski definition) is 2. The van der Waals surface area contributed by atoms with Crippen LogP contribution in [0.25, 0.3) is 0 Å². The Kier molecular flexibility index (Phi) is 5.87. The molecule has 1 heterocycles. The molecule has 0 spiro atoms. The Morgan fingerprint density at radius 1 is 1.00 bits per heavy atom. The monoisotopic (exact) mass is 381 g/mol. The van der Waals surface area contributed by atoms with E-state index < -0.39 is 8.32 Å². The van der Waals surface area contributed by atoms with E-state index in [9.17, 15) is 4.79 Å². The Labute approximate surface area is 164 Å². The first kappa shape index (κ1) is 19.8. The first-order valence-electron chi connectivity index (χ1n) is 9.95. The van der Waals surface area contributed by atoms with Gasteiger partial charge in [-0.15, -0.1) is 0 Å². The van der Waals surface area contributed by atoms with Gasteiger partial charge in [0.2, 0.25) is 5.91 Å². The summed E-state index contributed by atoms with van der Waals surface area (Å²) in [5.74, 6) is 0.250. The fourth-order valence-electron chi connectivity index (χ4n) is 4.22. The second-order valence-electron chi connectivity index (χ2n) is 8.37. The Bertz CT molecular complexity index is 715. The molecule has 2 aromatic carbocycles. The number of hydrogen-bond donors (Lipinski definition) is 0. The first-order valence-corrected chi connectivity index (χ1v) is 11.9. The van der Waals surface area contributed by atoms with Crippen LogP contribution < -0.4 is 10.4 Å². The molecule has 1 aliphatic heterocycles. The number of amides is 1. The van der Waals surface area contributed by atoms with Crippen molar-refractivity contribution in [2.24, 2.45) is 0 Å². The predicted molar refractivity (Wildman–Crippen MR) is 114 cm³/mol. The zero-order valence-electron chi connectivity index (χ0n) is 16.9. The maximum atomic E-state index is 12.2. The molecule has 2 aromatic rings. The van der Waals surface area contributed by atoms with Gasteiger partial charge in [-0.3, -0.25) is 4.79 Å². The van der Waals surface area contributed by atoms with Crippen LogP contribution in [0.3, 0.4) is 0 Å². The molecule has 0 aromatic heterocycles. The molecule has 1 unspecified atom stereocenters. The molecule has 0 N–H and O–H groups in total. The van der Waals surface area contributed by atoms with Gasteiger partial charge in [-0.25, -0.2) is 0 Å². The Hall–Kier alpha value is -1.91. The normalized spacial score (nSPS) is 18.6. The lowest BCUT2D eigenvalue weighted by molar-refractivity contribution is -0.135. The van der Waals surface area contributed by atoms with Gasteiger partial charge in [-0.2, -0.15) is 0 Å². The number of nitrogens with zero attached hydrogens (tertiary/aromatic N) is 1. The Balaban J connectivity index is 2.08. The van der Waals surface area contributed by atoms with Crippen LogP contribution in [0, 0.1) is 0 Å². The van der Waals surface area contributed by atoms with Crippen LogP contribution in [0.1, 0.15) is 40.5 Å². The van der Waals surface area contributed by atoms with Crippen molar-refractivity contribution in [3.8, 4) is 0 Å². The van der Waals surface area contributed by atoms with E-state index in [1.165, 1.54) is 10.4 Å². The third-order valence-electron chi connectivity index (χ3n) is 5.60. The molecule has 0 saturated carbocycles. The average Bonchev–Trinajstić information content (AvgIpc) is 2.67. The summed E-state index contributed by atoms with van der Waals surface area (Å²) in [6.07, 6.45) is 1.46. The third-order valence-corrected chi connectivity index (χ3v) is 10.7. The summed E-state index contributed by atoms with van der Waals surface area (Å²) in [6.45, 7) is 10.4. The van der Waals surface area contributed by atoms with Crippen molar-refractivity contribution in [1.82, 2.24) is 4.90 Å². The number of carbonyl (C=O) groups is 1. The van der Waals surface area contributed by atoms with Crippen molar-refractivity contribution >= 4 is 24.6 Å². The van der Waals surface area contributed by atoms with Gasteiger partial charge in [0.05, 0.1) is 6.10 Å². The van der Waals surface area contributed by atoms with Crippen molar-refractivity contribution in [1.29, 1.82) is 0 Å². The molecule has 27 heavy (non-hydrogen) atoms. The molecule has 3 rings (SSSR count). The van der Waals surface area contributed by atoms with Gasteiger partial charge in [-0.1, -0.05) is 81.4 Å². The number of carbonyl (C=O) groups excluding carboxylic acids is 1. The quantitative estimate of drug-likeness (QED) is 0.741. The molecular weight excluding hydrogens is 350 g/mol. The number of rotatable bonds is 5. The maximum Gasteiger partial charge on any atom is 0.261 e. The molecule has 0 bridgehead atoms. The highest BCUT2D eigenvalue weighted by atomic mass is 28.4. The second kappa shape index (κ2) is 7.99. The molecular formula is C23H31NO2Si. The topological polar surface area (TPSA) is 29.5 Å². The number of benzene rings is 2. The lowest BCUT2D eigenvalue weighted by Gasteiger charge is -2.46. The maximum absolute atomic E-state index is 12.2. The summed E-state index contributed by atoms with van der Waals surface area (Å²) >= 11 is 0. The summed E-state index contributed by atoms with van der Waals surface area (Å²) in [5, 5.41) is 2.56. The van der Waals surface area contributed by atoms with Gasteiger partial charge in [0.25, 0.3) is 8.32 Å². The summed E-state index contributed by atoms with van der Waals surface area (Å²) in [7, 11) is -2.54. The molecule has 1 atom stereocenters. The van der Waals surface area contributed by atoms with Crippen LogP contribution in [0.2, 0.25) is 5.04 Å². The number of piperidine rings is 1. The van der Waals surface area contributed by atoms with Crippen LogP contribution in [0.5, 0.6) is 0 Å². The van der Waals surface area contributed by atoms with Gasteiger partial charge >= 0.3 is 0 Å². The molecule has 4 heteroatoms. The van der Waals surface area contributed by atoms with Crippen molar-refractivity contribution in [3.63, 3.8) is 0 Å². The summed E-state index contributed by atoms with van der Waals surface area (Å²) in [6, 6.07) is 21.4. The van der Waals surface area contributed by atoms with Gasteiger partial charge in [-0.05, 0) is 28.8 Å². The van der Waals surface area contributed by atoms with Crippen molar-refractivity contribution in [2.45, 2.75) is 51.7 Å². The second-order valence-corrected chi connectivity index (χ2v) is 12.6. The van der Waals surface area contributed by atoms with E-state index >= 15 is 0 Å². The SMILES string of the molecule is CCN1CC(O[Si](c2ccccc2)(c2ccccc2)C(C)(C)C)CCC1=O. The van der Waals surface area contributed by atoms with E-state index in [1.54, 1.807) is 0 Å². The van der Waals surface area contributed by atoms with Crippen molar-refractivity contribution < 1.29 is 9.22 Å². The number of likely N-dealkylation sites (tertiary alicyclic amines) is 1. The highest BCUT2D eigenvalue weighted by molar-refractivity contribution is 6.99.